The van der Waals surface area contributed by atoms with Gasteiger partial charge in [0.2, 0.25) is 0 Å². The highest BCUT2D eigenvalue weighted by atomic mass is 16.5. The van der Waals surface area contributed by atoms with Gasteiger partial charge >= 0.3 is 0 Å². The number of nitrogens with one attached hydrogen (secondary N) is 1. The third kappa shape index (κ3) is 3.94. The molecule has 0 unspecified atom stereocenters. The van der Waals surface area contributed by atoms with Gasteiger partial charge < -0.3 is 15.0 Å². The highest BCUT2D eigenvalue weighted by molar-refractivity contribution is 5.93. The minimum absolute atomic E-state index is 0.00977. The maximum Gasteiger partial charge on any atom is 0.272 e. The van der Waals surface area contributed by atoms with E-state index in [1.54, 1.807) is 11.1 Å². The molecule has 1 heterocycles. The van der Waals surface area contributed by atoms with Gasteiger partial charge in [0.1, 0.15) is 5.69 Å². The van der Waals surface area contributed by atoms with E-state index in [4.69, 9.17) is 4.74 Å². The highest BCUT2D eigenvalue weighted by Crippen LogP contribution is 2.26. The van der Waals surface area contributed by atoms with E-state index in [1.807, 2.05) is 32.9 Å². The predicted octanol–water partition coefficient (Wildman–Crippen LogP) is 2.54. The van der Waals surface area contributed by atoms with Crippen molar-refractivity contribution in [3.8, 4) is 0 Å². The van der Waals surface area contributed by atoms with E-state index in [2.05, 4.69) is 10.3 Å². The topological polar surface area (TPSA) is 54.5 Å². The maximum atomic E-state index is 12.3. The second-order valence-electron chi connectivity index (χ2n) is 5.30. The number of anilines is 1. The van der Waals surface area contributed by atoms with Gasteiger partial charge in [0.05, 0.1) is 6.10 Å². The number of ether oxygens (including phenoxy) is 1. The first kappa shape index (κ1) is 15.8. The van der Waals surface area contributed by atoms with Crippen molar-refractivity contribution in [2.75, 3.05) is 25.0 Å². The Morgan fingerprint density at radius 1 is 1.38 bits per heavy atom. The smallest absolute Gasteiger partial charge is 0.272 e. The Kier molecular flexibility index (Phi) is 5.56. The fraction of sp³-hybridized carbons (Fsp3) is 0.625. The molecule has 0 spiro atoms. The van der Waals surface area contributed by atoms with Crippen molar-refractivity contribution in [2.24, 2.45) is 0 Å². The number of carbonyl (C=O) groups is 1. The molecule has 21 heavy (non-hydrogen) atoms. The van der Waals surface area contributed by atoms with E-state index >= 15 is 0 Å². The van der Waals surface area contributed by atoms with Gasteiger partial charge in [0, 0.05) is 37.6 Å². The summed E-state index contributed by atoms with van der Waals surface area (Å²) < 4.78 is 5.56. The largest absolute Gasteiger partial charge is 0.382 e. The second kappa shape index (κ2) is 7.41. The van der Waals surface area contributed by atoms with Crippen LogP contribution in [0.2, 0.25) is 0 Å². The van der Waals surface area contributed by atoms with Crippen LogP contribution in [0.25, 0.3) is 0 Å². The van der Waals surface area contributed by atoms with E-state index in [9.17, 15) is 4.79 Å². The Balaban J connectivity index is 1.94. The summed E-state index contributed by atoms with van der Waals surface area (Å²) >= 11 is 0. The maximum absolute atomic E-state index is 12.3. The van der Waals surface area contributed by atoms with Gasteiger partial charge in [-0.05, 0) is 45.7 Å². The van der Waals surface area contributed by atoms with Crippen molar-refractivity contribution in [3.05, 3.63) is 24.0 Å². The number of carbonyl (C=O) groups excluding carboxylic acids is 1. The van der Waals surface area contributed by atoms with Crippen LogP contribution in [0.4, 0.5) is 5.69 Å². The summed E-state index contributed by atoms with van der Waals surface area (Å²) in [6, 6.07) is 4.18. The van der Waals surface area contributed by atoms with Crippen molar-refractivity contribution in [1.82, 2.24) is 9.88 Å². The fourth-order valence-electron chi connectivity index (χ4n) is 2.60. The summed E-state index contributed by atoms with van der Waals surface area (Å²) in [5.41, 5.74) is 1.46. The third-order valence-corrected chi connectivity index (χ3v) is 3.90. The second-order valence-corrected chi connectivity index (χ2v) is 5.30. The minimum Gasteiger partial charge on any atom is -0.382 e. The third-order valence-electron chi connectivity index (χ3n) is 3.90. The lowest BCUT2D eigenvalue weighted by atomic mass is 9.89. The molecule has 5 nitrogen and oxygen atoms in total. The Labute approximate surface area is 126 Å². The molecule has 2 rings (SSSR count). The first-order chi connectivity index (χ1) is 10.2. The van der Waals surface area contributed by atoms with Crippen LogP contribution in [-0.4, -0.2) is 47.6 Å². The molecule has 5 heteroatoms. The Morgan fingerprint density at radius 2 is 2.10 bits per heavy atom. The van der Waals surface area contributed by atoms with Crippen molar-refractivity contribution in [2.45, 2.75) is 45.8 Å². The predicted molar refractivity (Wildman–Crippen MR) is 83.5 cm³/mol. The summed E-state index contributed by atoms with van der Waals surface area (Å²) in [6.07, 6.45) is 4.12. The monoisotopic (exact) mass is 291 g/mol. The summed E-state index contributed by atoms with van der Waals surface area (Å²) in [7, 11) is 0. The summed E-state index contributed by atoms with van der Waals surface area (Å²) in [5, 5.41) is 3.45. The molecule has 0 radical (unpaired) electrons. The van der Waals surface area contributed by atoms with Crippen LogP contribution < -0.4 is 5.32 Å². The Bertz CT molecular complexity index is 468. The average Bonchev–Trinajstić information content (AvgIpc) is 2.46. The van der Waals surface area contributed by atoms with Crippen molar-refractivity contribution >= 4 is 11.6 Å². The van der Waals surface area contributed by atoms with Gasteiger partial charge in [-0.15, -0.1) is 0 Å². The first-order valence-corrected chi connectivity index (χ1v) is 7.81. The SMILES string of the molecule is CCOC1CC(Nc2ccnc(C(=O)N(CC)CC)c2)C1. The summed E-state index contributed by atoms with van der Waals surface area (Å²) in [5.74, 6) is -0.00977. The molecular weight excluding hydrogens is 266 g/mol. The van der Waals surface area contributed by atoms with Gasteiger partial charge in [-0.2, -0.15) is 0 Å². The van der Waals surface area contributed by atoms with E-state index in [1.165, 1.54) is 0 Å². The van der Waals surface area contributed by atoms with Crippen LogP contribution in [0, 0.1) is 0 Å². The van der Waals surface area contributed by atoms with E-state index in [-0.39, 0.29) is 5.91 Å². The molecule has 1 N–H and O–H groups in total. The molecular formula is C16H25N3O2. The van der Waals surface area contributed by atoms with E-state index in [0.717, 1.165) is 25.1 Å². The van der Waals surface area contributed by atoms with Gasteiger partial charge in [-0.1, -0.05) is 0 Å². The number of nitrogens with zero attached hydrogens (tertiary/aromatic N) is 2. The molecule has 0 bridgehead atoms. The van der Waals surface area contributed by atoms with Gasteiger partial charge in [0.15, 0.2) is 0 Å². The molecule has 1 aromatic rings. The highest BCUT2D eigenvalue weighted by Gasteiger charge is 2.29. The zero-order chi connectivity index (χ0) is 15.2. The quantitative estimate of drug-likeness (QED) is 0.839. The van der Waals surface area contributed by atoms with Crippen LogP contribution >= 0.6 is 0 Å². The van der Waals surface area contributed by atoms with Crippen molar-refractivity contribution in [3.63, 3.8) is 0 Å². The van der Waals surface area contributed by atoms with Crippen molar-refractivity contribution < 1.29 is 9.53 Å². The van der Waals surface area contributed by atoms with Gasteiger partial charge in [-0.3, -0.25) is 9.78 Å². The summed E-state index contributed by atoms with van der Waals surface area (Å²) in [6.45, 7) is 8.15. The first-order valence-electron chi connectivity index (χ1n) is 7.81. The average molecular weight is 291 g/mol. The minimum atomic E-state index is -0.00977. The number of pyridine rings is 1. The lowest BCUT2D eigenvalue weighted by Crippen LogP contribution is -2.40. The molecule has 0 atom stereocenters. The molecule has 0 saturated heterocycles. The molecule has 1 aromatic heterocycles. The number of hydrogen-bond acceptors (Lipinski definition) is 4. The van der Waals surface area contributed by atoms with Gasteiger partial charge in [-0.25, -0.2) is 0 Å². The fourth-order valence-corrected chi connectivity index (χ4v) is 2.60. The molecule has 1 saturated carbocycles. The van der Waals surface area contributed by atoms with Crippen LogP contribution in [0.3, 0.4) is 0 Å². The number of aromatic nitrogens is 1. The lowest BCUT2D eigenvalue weighted by molar-refractivity contribution is 0.00298. The molecule has 1 aliphatic rings. The van der Waals surface area contributed by atoms with E-state index in [0.29, 0.717) is 30.9 Å². The van der Waals surface area contributed by atoms with Crippen LogP contribution in [0.5, 0.6) is 0 Å². The molecule has 1 amide bonds. The van der Waals surface area contributed by atoms with Crippen molar-refractivity contribution in [1.29, 1.82) is 0 Å². The number of amides is 1. The van der Waals surface area contributed by atoms with Crippen LogP contribution in [0.1, 0.15) is 44.1 Å². The normalized spacial score (nSPS) is 20.7. The zero-order valence-electron chi connectivity index (χ0n) is 13.1. The zero-order valence-corrected chi connectivity index (χ0v) is 13.1. The lowest BCUT2D eigenvalue weighted by Gasteiger charge is -2.36. The molecule has 1 fully saturated rings. The Hall–Kier alpha value is -1.62. The van der Waals surface area contributed by atoms with Crippen LogP contribution in [0.15, 0.2) is 18.3 Å². The number of hydrogen-bond donors (Lipinski definition) is 1. The molecule has 0 aromatic carbocycles. The number of rotatable bonds is 7. The van der Waals surface area contributed by atoms with Crippen LogP contribution in [-0.2, 0) is 4.74 Å². The molecule has 0 aliphatic heterocycles. The standard InChI is InChI=1S/C16H25N3O2/c1-4-19(5-2)16(20)15-11-12(7-8-17-15)18-13-9-14(10-13)21-6-3/h7-8,11,13-14H,4-6,9-10H2,1-3H3,(H,17,18). The van der Waals surface area contributed by atoms with E-state index < -0.39 is 0 Å². The summed E-state index contributed by atoms with van der Waals surface area (Å²) in [4.78, 5) is 18.3. The molecule has 116 valence electrons. The molecule has 1 aliphatic carbocycles. The Morgan fingerprint density at radius 3 is 2.71 bits per heavy atom. The van der Waals surface area contributed by atoms with Gasteiger partial charge in [0.25, 0.3) is 5.91 Å².